The summed E-state index contributed by atoms with van der Waals surface area (Å²) >= 11 is 1.13. The van der Waals surface area contributed by atoms with E-state index in [1.807, 2.05) is 31.2 Å². The molecule has 1 aliphatic rings. The van der Waals surface area contributed by atoms with Gasteiger partial charge in [0.15, 0.2) is 0 Å². The highest BCUT2D eigenvalue weighted by molar-refractivity contribution is 7.91. The Morgan fingerprint density at radius 3 is 2.54 bits per heavy atom. The zero-order chi connectivity index (χ0) is 20.5. The van der Waals surface area contributed by atoms with Gasteiger partial charge in [-0.05, 0) is 31.2 Å². The van der Waals surface area contributed by atoms with Crippen LogP contribution >= 0.6 is 11.3 Å². The summed E-state index contributed by atoms with van der Waals surface area (Å²) in [7, 11) is -0.512. The first-order valence-electron chi connectivity index (χ1n) is 8.84. The van der Waals surface area contributed by atoms with Crippen molar-refractivity contribution < 1.29 is 18.0 Å². The van der Waals surface area contributed by atoms with Crippen LogP contribution in [0.2, 0.25) is 0 Å². The first-order chi connectivity index (χ1) is 13.2. The Hall–Kier alpha value is -2.23. The molecular weight excluding hydrogens is 398 g/mol. The number of carbonyl (C=O) groups excluding carboxylic acids is 2. The molecule has 1 aliphatic heterocycles. The molecule has 1 atom stereocenters. The molecule has 0 radical (unpaired) electrons. The number of nitrogens with one attached hydrogen (secondary N) is 1. The van der Waals surface area contributed by atoms with Crippen LogP contribution < -0.4 is 10.2 Å². The lowest BCUT2D eigenvalue weighted by Crippen LogP contribution is -2.32. The Morgan fingerprint density at radius 2 is 1.89 bits per heavy atom. The van der Waals surface area contributed by atoms with Crippen LogP contribution in [0.5, 0.6) is 0 Å². The van der Waals surface area contributed by atoms with Crippen molar-refractivity contribution in [2.75, 3.05) is 25.5 Å². The van der Waals surface area contributed by atoms with Crippen LogP contribution in [0.1, 0.15) is 16.9 Å². The lowest BCUT2D eigenvalue weighted by Gasteiger charge is -2.17. The summed E-state index contributed by atoms with van der Waals surface area (Å²) in [5, 5.41) is 2.82. The van der Waals surface area contributed by atoms with Gasteiger partial charge in [-0.25, -0.2) is 12.7 Å². The van der Waals surface area contributed by atoms with E-state index < -0.39 is 15.9 Å². The zero-order valence-electron chi connectivity index (χ0n) is 16.0. The van der Waals surface area contributed by atoms with Gasteiger partial charge in [0, 0.05) is 37.6 Å². The normalized spacial score (nSPS) is 17.4. The standard InChI is InChI=1S/C19H23N3O4S2/c1-13-4-6-15(7-5-13)22-12-14(10-17(22)23)19(24)20-11-16-8-9-18(27-16)28(25,26)21(2)3/h4-9,14H,10-12H2,1-3H3,(H,20,24)/t14-/m1/s1. The van der Waals surface area contributed by atoms with Crippen LogP contribution in [0.25, 0.3) is 0 Å². The lowest BCUT2D eigenvalue weighted by atomic mass is 10.1. The van der Waals surface area contributed by atoms with Crippen molar-refractivity contribution in [3.05, 3.63) is 46.8 Å². The summed E-state index contributed by atoms with van der Waals surface area (Å²) in [6, 6.07) is 10.9. The Balaban J connectivity index is 1.59. The number of thiophene rings is 1. The van der Waals surface area contributed by atoms with E-state index >= 15 is 0 Å². The van der Waals surface area contributed by atoms with E-state index in [9.17, 15) is 18.0 Å². The molecule has 0 aliphatic carbocycles. The fourth-order valence-corrected chi connectivity index (χ4v) is 5.41. The number of rotatable bonds is 6. The van der Waals surface area contributed by atoms with Crippen molar-refractivity contribution in [3.8, 4) is 0 Å². The molecule has 2 amide bonds. The molecule has 1 saturated heterocycles. The highest BCUT2D eigenvalue weighted by Gasteiger charge is 2.35. The Morgan fingerprint density at radius 1 is 1.21 bits per heavy atom. The molecule has 9 heteroatoms. The van der Waals surface area contributed by atoms with Gasteiger partial charge in [-0.3, -0.25) is 9.59 Å². The van der Waals surface area contributed by atoms with Gasteiger partial charge in [0.2, 0.25) is 11.8 Å². The number of benzene rings is 1. The molecule has 0 spiro atoms. The van der Waals surface area contributed by atoms with Crippen molar-refractivity contribution in [1.82, 2.24) is 9.62 Å². The average molecular weight is 422 g/mol. The molecule has 2 heterocycles. The van der Waals surface area contributed by atoms with Crippen LogP contribution in [-0.4, -0.2) is 45.2 Å². The smallest absolute Gasteiger partial charge is 0.252 e. The first kappa shape index (κ1) is 20.5. The molecule has 7 nitrogen and oxygen atoms in total. The third kappa shape index (κ3) is 4.26. The number of anilines is 1. The lowest BCUT2D eigenvalue weighted by molar-refractivity contribution is -0.126. The van der Waals surface area contributed by atoms with Crippen molar-refractivity contribution in [1.29, 1.82) is 0 Å². The highest BCUT2D eigenvalue weighted by Crippen LogP contribution is 2.26. The van der Waals surface area contributed by atoms with Crippen molar-refractivity contribution in [2.45, 2.75) is 24.1 Å². The van der Waals surface area contributed by atoms with E-state index in [-0.39, 0.29) is 29.0 Å². The van der Waals surface area contributed by atoms with Crippen molar-refractivity contribution in [3.63, 3.8) is 0 Å². The van der Waals surface area contributed by atoms with E-state index in [2.05, 4.69) is 5.32 Å². The molecule has 3 rings (SSSR count). The molecule has 150 valence electrons. The molecule has 2 aromatic rings. The number of carbonyl (C=O) groups is 2. The minimum Gasteiger partial charge on any atom is -0.351 e. The third-order valence-electron chi connectivity index (χ3n) is 4.65. The molecule has 1 fully saturated rings. The minimum absolute atomic E-state index is 0.0699. The Bertz CT molecular complexity index is 981. The van der Waals surface area contributed by atoms with E-state index in [1.165, 1.54) is 14.1 Å². The summed E-state index contributed by atoms with van der Waals surface area (Å²) in [5.74, 6) is -0.688. The highest BCUT2D eigenvalue weighted by atomic mass is 32.2. The number of aryl methyl sites for hydroxylation is 1. The molecule has 0 saturated carbocycles. The summed E-state index contributed by atoms with van der Waals surface area (Å²) in [6.07, 6.45) is 0.171. The summed E-state index contributed by atoms with van der Waals surface area (Å²) < 4.78 is 25.6. The SMILES string of the molecule is Cc1ccc(N2C[C@H](C(=O)NCc3ccc(S(=O)(=O)N(C)C)s3)CC2=O)cc1. The maximum Gasteiger partial charge on any atom is 0.252 e. The van der Waals surface area contributed by atoms with Gasteiger partial charge in [0.1, 0.15) is 4.21 Å². The van der Waals surface area contributed by atoms with E-state index in [0.717, 1.165) is 31.8 Å². The first-order valence-corrected chi connectivity index (χ1v) is 11.1. The van der Waals surface area contributed by atoms with E-state index in [4.69, 9.17) is 0 Å². The summed E-state index contributed by atoms with van der Waals surface area (Å²) in [4.78, 5) is 27.2. The van der Waals surface area contributed by atoms with Crippen LogP contribution in [0.4, 0.5) is 5.69 Å². The van der Waals surface area contributed by atoms with Crippen molar-refractivity contribution >= 4 is 38.9 Å². The maximum atomic E-state index is 12.5. The van der Waals surface area contributed by atoms with Gasteiger partial charge in [0.05, 0.1) is 12.5 Å². The van der Waals surface area contributed by atoms with Gasteiger partial charge < -0.3 is 10.2 Å². The molecule has 1 N–H and O–H groups in total. The largest absolute Gasteiger partial charge is 0.351 e. The predicted molar refractivity (Wildman–Crippen MR) is 109 cm³/mol. The summed E-state index contributed by atoms with van der Waals surface area (Å²) in [5.41, 5.74) is 1.90. The van der Waals surface area contributed by atoms with Gasteiger partial charge in [0.25, 0.3) is 10.0 Å². The second-order valence-electron chi connectivity index (χ2n) is 6.97. The maximum absolute atomic E-state index is 12.5. The van der Waals surface area contributed by atoms with Crippen LogP contribution in [0, 0.1) is 12.8 Å². The number of hydrogen-bond acceptors (Lipinski definition) is 5. The molecule has 0 bridgehead atoms. The topological polar surface area (TPSA) is 86.8 Å². The number of amides is 2. The quantitative estimate of drug-likeness (QED) is 0.773. The van der Waals surface area contributed by atoms with Crippen LogP contribution in [0.15, 0.2) is 40.6 Å². The van der Waals surface area contributed by atoms with Gasteiger partial charge >= 0.3 is 0 Å². The number of sulfonamides is 1. The molecular formula is C19H23N3O4S2. The van der Waals surface area contributed by atoms with Crippen molar-refractivity contribution in [2.24, 2.45) is 5.92 Å². The Labute approximate surface area is 169 Å². The van der Waals surface area contributed by atoms with Gasteiger partial charge in [-0.15, -0.1) is 11.3 Å². The monoisotopic (exact) mass is 421 g/mol. The Kier molecular flexibility index (Phi) is 5.87. The average Bonchev–Trinajstić information content (AvgIpc) is 3.27. The zero-order valence-corrected chi connectivity index (χ0v) is 17.6. The predicted octanol–water partition coefficient (Wildman–Crippen LogP) is 1.98. The second kappa shape index (κ2) is 8.02. The van der Waals surface area contributed by atoms with Crippen LogP contribution in [-0.2, 0) is 26.2 Å². The fourth-order valence-electron chi connectivity index (χ4n) is 2.95. The summed E-state index contributed by atoms with van der Waals surface area (Å²) in [6.45, 7) is 2.56. The van der Waals surface area contributed by atoms with Gasteiger partial charge in [-0.1, -0.05) is 17.7 Å². The number of hydrogen-bond donors (Lipinski definition) is 1. The van der Waals surface area contributed by atoms with E-state index in [1.54, 1.807) is 17.0 Å². The molecule has 0 unspecified atom stereocenters. The third-order valence-corrected chi connectivity index (χ3v) is 8.02. The van der Waals surface area contributed by atoms with Crippen LogP contribution in [0.3, 0.4) is 0 Å². The molecule has 28 heavy (non-hydrogen) atoms. The second-order valence-corrected chi connectivity index (χ2v) is 10.5. The molecule has 1 aromatic carbocycles. The van der Waals surface area contributed by atoms with E-state index in [0.29, 0.717) is 6.54 Å². The fraction of sp³-hybridized carbons (Fsp3) is 0.368. The number of nitrogens with zero attached hydrogens (tertiary/aromatic N) is 2. The minimum atomic E-state index is -3.47. The van der Waals surface area contributed by atoms with Gasteiger partial charge in [-0.2, -0.15) is 0 Å². The molecule has 1 aromatic heterocycles.